The molecule has 282 valence electrons. The molecule has 0 radical (unpaired) electrons. The van der Waals surface area contributed by atoms with Crippen LogP contribution >= 0.6 is 7.82 Å². The SMILES string of the molecule is CCCCCCCCCCCCCCCCCCCCC(=O)OC(COCCCCCCCCC)COP(=O)([O-])OCC[N+](C)(C)C. The number of phosphoric acid groups is 1. The highest BCUT2D eigenvalue weighted by Gasteiger charge is 2.20. The van der Waals surface area contributed by atoms with Crippen molar-refractivity contribution in [3.05, 3.63) is 0 Å². The highest BCUT2D eigenvalue weighted by atomic mass is 31.2. The van der Waals surface area contributed by atoms with Crippen molar-refractivity contribution in [3.63, 3.8) is 0 Å². The first-order valence-electron chi connectivity index (χ1n) is 19.8. The molecule has 0 aliphatic heterocycles. The van der Waals surface area contributed by atoms with Gasteiger partial charge in [0.25, 0.3) is 7.82 Å². The molecule has 0 saturated heterocycles. The zero-order chi connectivity index (χ0) is 34.9. The summed E-state index contributed by atoms with van der Waals surface area (Å²) in [6, 6.07) is 0. The van der Waals surface area contributed by atoms with Gasteiger partial charge in [-0.1, -0.05) is 162 Å². The van der Waals surface area contributed by atoms with Crippen LogP contribution < -0.4 is 4.89 Å². The summed E-state index contributed by atoms with van der Waals surface area (Å²) >= 11 is 0. The molecule has 9 heteroatoms. The highest BCUT2D eigenvalue weighted by Crippen LogP contribution is 2.38. The number of esters is 1. The molecule has 47 heavy (non-hydrogen) atoms. The van der Waals surface area contributed by atoms with Gasteiger partial charge in [0, 0.05) is 13.0 Å². The fraction of sp³-hybridized carbons (Fsp3) is 0.974. The van der Waals surface area contributed by atoms with Crippen molar-refractivity contribution in [3.8, 4) is 0 Å². The van der Waals surface area contributed by atoms with Gasteiger partial charge in [-0.05, 0) is 12.8 Å². The summed E-state index contributed by atoms with van der Waals surface area (Å²) in [4.78, 5) is 24.9. The third kappa shape index (κ3) is 36.6. The molecule has 0 bridgehead atoms. The molecule has 0 aliphatic carbocycles. The Morgan fingerprint density at radius 3 is 1.40 bits per heavy atom. The van der Waals surface area contributed by atoms with Gasteiger partial charge in [-0.25, -0.2) is 0 Å². The second-order valence-corrected chi connectivity index (χ2v) is 16.1. The van der Waals surface area contributed by atoms with Crippen LogP contribution in [-0.4, -0.2) is 70.7 Å². The molecule has 0 N–H and O–H groups in total. The van der Waals surface area contributed by atoms with Crippen molar-refractivity contribution in [2.24, 2.45) is 0 Å². The van der Waals surface area contributed by atoms with E-state index in [1.807, 2.05) is 21.1 Å². The van der Waals surface area contributed by atoms with E-state index in [1.54, 1.807) is 0 Å². The van der Waals surface area contributed by atoms with E-state index < -0.39 is 13.9 Å². The smallest absolute Gasteiger partial charge is 0.306 e. The second-order valence-electron chi connectivity index (χ2n) is 14.7. The summed E-state index contributed by atoms with van der Waals surface area (Å²) in [6.07, 6.45) is 31.2. The lowest BCUT2D eigenvalue weighted by atomic mass is 10.0. The Morgan fingerprint density at radius 2 is 0.979 bits per heavy atom. The van der Waals surface area contributed by atoms with Crippen LogP contribution in [0, 0.1) is 0 Å². The second kappa shape index (κ2) is 32.7. The number of quaternary nitrogens is 1. The van der Waals surface area contributed by atoms with Crippen molar-refractivity contribution >= 4 is 13.8 Å². The zero-order valence-corrected chi connectivity index (χ0v) is 32.6. The van der Waals surface area contributed by atoms with Gasteiger partial charge in [-0.15, -0.1) is 0 Å². The number of unbranched alkanes of at least 4 members (excludes halogenated alkanes) is 23. The molecular formula is C38H78NO7P. The van der Waals surface area contributed by atoms with Crippen LogP contribution in [0.2, 0.25) is 0 Å². The van der Waals surface area contributed by atoms with Crippen molar-refractivity contribution in [2.75, 3.05) is 54.1 Å². The average Bonchev–Trinajstić information content (AvgIpc) is 3.01. The molecular weight excluding hydrogens is 613 g/mol. The molecule has 0 heterocycles. The predicted molar refractivity (Wildman–Crippen MR) is 194 cm³/mol. The van der Waals surface area contributed by atoms with E-state index in [0.29, 0.717) is 24.1 Å². The van der Waals surface area contributed by atoms with E-state index in [2.05, 4.69) is 13.8 Å². The van der Waals surface area contributed by atoms with E-state index in [0.717, 1.165) is 32.1 Å². The Labute approximate surface area is 291 Å². The fourth-order valence-electron chi connectivity index (χ4n) is 5.55. The molecule has 0 aliphatic rings. The maximum atomic E-state index is 12.6. The number of carbonyl (C=O) groups is 1. The number of rotatable bonds is 37. The van der Waals surface area contributed by atoms with Crippen LogP contribution in [0.5, 0.6) is 0 Å². The van der Waals surface area contributed by atoms with Gasteiger partial charge < -0.3 is 27.9 Å². The number of ether oxygens (including phenoxy) is 2. The van der Waals surface area contributed by atoms with Gasteiger partial charge in [0.2, 0.25) is 0 Å². The van der Waals surface area contributed by atoms with Crippen molar-refractivity contribution in [1.29, 1.82) is 0 Å². The van der Waals surface area contributed by atoms with Gasteiger partial charge in [-0.2, -0.15) is 0 Å². The molecule has 0 spiro atoms. The molecule has 0 aromatic heterocycles. The number of carbonyl (C=O) groups excluding carboxylic acids is 1. The summed E-state index contributed by atoms with van der Waals surface area (Å²) in [5.74, 6) is -0.332. The molecule has 2 atom stereocenters. The monoisotopic (exact) mass is 692 g/mol. The van der Waals surface area contributed by atoms with E-state index >= 15 is 0 Å². The lowest BCUT2D eigenvalue weighted by molar-refractivity contribution is -0.870. The number of hydrogen-bond acceptors (Lipinski definition) is 7. The van der Waals surface area contributed by atoms with Gasteiger partial charge >= 0.3 is 5.97 Å². The van der Waals surface area contributed by atoms with Crippen LogP contribution in [0.15, 0.2) is 0 Å². The number of likely N-dealkylation sites (N-methyl/N-ethyl adjacent to an activating group) is 1. The maximum absolute atomic E-state index is 12.6. The quantitative estimate of drug-likeness (QED) is 0.0277. The standard InChI is InChI=1S/C38H78NO7P/c1-6-8-10-12-14-15-16-17-18-19-20-21-22-23-24-25-27-29-31-38(40)46-37(35-43-33-30-28-26-13-11-9-7-2)36-45-47(41,42)44-34-32-39(3,4)5/h37H,6-36H2,1-5H3. The van der Waals surface area contributed by atoms with E-state index in [9.17, 15) is 14.3 Å². The first kappa shape index (κ1) is 46.5. The maximum Gasteiger partial charge on any atom is 0.306 e. The molecule has 8 nitrogen and oxygen atoms in total. The van der Waals surface area contributed by atoms with Crippen LogP contribution in [0.1, 0.15) is 181 Å². The Bertz CT molecular complexity index is 731. The Kier molecular flexibility index (Phi) is 32.3. The summed E-state index contributed by atoms with van der Waals surface area (Å²) in [6.45, 7) is 5.41. The molecule has 0 rings (SSSR count). The minimum Gasteiger partial charge on any atom is -0.756 e. The Hall–Kier alpha value is -0.500. The zero-order valence-electron chi connectivity index (χ0n) is 31.7. The largest absolute Gasteiger partial charge is 0.756 e. The van der Waals surface area contributed by atoms with Gasteiger partial charge in [0.1, 0.15) is 19.3 Å². The van der Waals surface area contributed by atoms with Crippen LogP contribution in [0.25, 0.3) is 0 Å². The van der Waals surface area contributed by atoms with Gasteiger partial charge in [-0.3, -0.25) is 9.36 Å². The number of phosphoric ester groups is 1. The molecule has 0 saturated carbocycles. The fourth-order valence-corrected chi connectivity index (χ4v) is 6.27. The number of nitrogens with zero attached hydrogens (tertiary/aromatic N) is 1. The normalized spacial score (nSPS) is 13.9. The predicted octanol–water partition coefficient (Wildman–Crippen LogP) is 10.3. The van der Waals surface area contributed by atoms with Crippen LogP contribution in [-0.2, 0) is 27.9 Å². The third-order valence-corrected chi connectivity index (χ3v) is 9.62. The summed E-state index contributed by atoms with van der Waals surface area (Å²) in [7, 11) is 1.37. The topological polar surface area (TPSA) is 94.1 Å². The first-order chi connectivity index (χ1) is 22.6. The first-order valence-corrected chi connectivity index (χ1v) is 21.2. The van der Waals surface area contributed by atoms with Crippen LogP contribution in [0.3, 0.4) is 0 Å². The summed E-state index contributed by atoms with van der Waals surface area (Å²) in [5, 5.41) is 0. The van der Waals surface area contributed by atoms with Crippen molar-refractivity contribution in [2.45, 2.75) is 187 Å². The highest BCUT2D eigenvalue weighted by molar-refractivity contribution is 7.45. The van der Waals surface area contributed by atoms with Crippen molar-refractivity contribution < 1.29 is 37.3 Å². The Balaban J connectivity index is 4.11. The van der Waals surface area contributed by atoms with Crippen molar-refractivity contribution in [1.82, 2.24) is 0 Å². The lowest BCUT2D eigenvalue weighted by Crippen LogP contribution is -2.37. The van der Waals surface area contributed by atoms with E-state index in [1.165, 1.54) is 128 Å². The average molecular weight is 692 g/mol. The summed E-state index contributed by atoms with van der Waals surface area (Å²) < 4.78 is 34.3. The molecule has 0 amide bonds. The minimum absolute atomic E-state index is 0.0306. The summed E-state index contributed by atoms with van der Waals surface area (Å²) in [5.41, 5.74) is 0. The van der Waals surface area contributed by atoms with Gasteiger partial charge in [0.05, 0.1) is 34.4 Å². The van der Waals surface area contributed by atoms with Crippen LogP contribution in [0.4, 0.5) is 0 Å². The number of hydrogen-bond donors (Lipinski definition) is 0. The van der Waals surface area contributed by atoms with E-state index in [4.69, 9.17) is 18.5 Å². The molecule has 2 unspecified atom stereocenters. The third-order valence-electron chi connectivity index (χ3n) is 8.66. The van der Waals surface area contributed by atoms with E-state index in [-0.39, 0.29) is 25.8 Å². The molecule has 0 aromatic rings. The van der Waals surface area contributed by atoms with Gasteiger partial charge in [0.15, 0.2) is 0 Å². The molecule has 0 fully saturated rings. The molecule has 0 aromatic carbocycles. The lowest BCUT2D eigenvalue weighted by Gasteiger charge is -2.28. The minimum atomic E-state index is -4.50. The Morgan fingerprint density at radius 1 is 0.574 bits per heavy atom.